The van der Waals surface area contributed by atoms with Gasteiger partial charge in [0.2, 0.25) is 0 Å². The molecule has 1 heterocycles. The Morgan fingerprint density at radius 1 is 1.08 bits per heavy atom. The predicted octanol–water partition coefficient (Wildman–Crippen LogP) is 3.77. The topological polar surface area (TPSA) is 66.9 Å². The Morgan fingerprint density at radius 2 is 1.79 bits per heavy atom. The van der Waals surface area contributed by atoms with Crippen molar-refractivity contribution in [2.45, 2.75) is 32.5 Å². The number of rotatable bonds is 3. The van der Waals surface area contributed by atoms with Crippen molar-refractivity contribution < 1.29 is 18.0 Å². The molecule has 128 valence electrons. The normalized spacial score (nSPS) is 11.9. The van der Waals surface area contributed by atoms with Gasteiger partial charge in [0.05, 0.1) is 5.56 Å². The molecule has 0 fully saturated rings. The molecule has 2 N–H and O–H groups in total. The van der Waals surface area contributed by atoms with Gasteiger partial charge in [-0.3, -0.25) is 4.79 Å². The predicted molar refractivity (Wildman–Crippen MR) is 84.0 cm³/mol. The molecule has 1 amide bonds. The van der Waals surface area contributed by atoms with Crippen LogP contribution in [-0.2, 0) is 6.18 Å². The van der Waals surface area contributed by atoms with Crippen LogP contribution >= 0.6 is 0 Å². The molecule has 5 nitrogen and oxygen atoms in total. The Balaban J connectivity index is 2.20. The monoisotopic (exact) mass is 338 g/mol. The van der Waals surface area contributed by atoms with Crippen molar-refractivity contribution in [1.29, 1.82) is 0 Å². The van der Waals surface area contributed by atoms with Crippen LogP contribution in [0.15, 0.2) is 36.7 Å². The summed E-state index contributed by atoms with van der Waals surface area (Å²) >= 11 is 0. The highest BCUT2D eigenvalue weighted by atomic mass is 19.4. The smallest absolute Gasteiger partial charge is 0.346 e. The van der Waals surface area contributed by atoms with Crippen molar-refractivity contribution in [3.05, 3.63) is 47.9 Å². The number of carbonyl (C=O) groups is 1. The summed E-state index contributed by atoms with van der Waals surface area (Å²) in [4.78, 5) is 19.9. The second-order valence-corrected chi connectivity index (χ2v) is 6.20. The lowest BCUT2D eigenvalue weighted by molar-refractivity contribution is -0.137. The van der Waals surface area contributed by atoms with Gasteiger partial charge in [-0.1, -0.05) is 6.07 Å². The average Bonchev–Trinajstić information content (AvgIpc) is 2.45. The van der Waals surface area contributed by atoms with E-state index in [9.17, 15) is 18.0 Å². The minimum Gasteiger partial charge on any atom is -0.346 e. The van der Waals surface area contributed by atoms with E-state index in [0.717, 1.165) is 12.1 Å². The minimum atomic E-state index is -4.43. The maximum Gasteiger partial charge on any atom is 0.416 e. The largest absolute Gasteiger partial charge is 0.416 e. The summed E-state index contributed by atoms with van der Waals surface area (Å²) in [6.07, 6.45) is -3.26. The van der Waals surface area contributed by atoms with Gasteiger partial charge in [-0.2, -0.15) is 13.2 Å². The third kappa shape index (κ3) is 4.94. The number of nitrogens with zero attached hydrogens (tertiary/aromatic N) is 2. The first kappa shape index (κ1) is 17.7. The van der Waals surface area contributed by atoms with Gasteiger partial charge in [-0.05, 0) is 39.0 Å². The third-order valence-electron chi connectivity index (χ3n) is 2.85. The van der Waals surface area contributed by atoms with Crippen molar-refractivity contribution in [2.75, 3.05) is 5.32 Å². The zero-order valence-corrected chi connectivity index (χ0v) is 13.4. The number of anilines is 2. The lowest BCUT2D eigenvalue weighted by atomic mass is 10.1. The average molecular weight is 338 g/mol. The summed E-state index contributed by atoms with van der Waals surface area (Å²) in [5.41, 5.74) is -0.871. The highest BCUT2D eigenvalue weighted by Gasteiger charge is 2.30. The molecule has 0 aliphatic heterocycles. The van der Waals surface area contributed by atoms with Gasteiger partial charge in [-0.15, -0.1) is 0 Å². The van der Waals surface area contributed by atoms with Gasteiger partial charge in [0.1, 0.15) is 17.8 Å². The fraction of sp³-hybridized carbons (Fsp3) is 0.312. The number of alkyl halides is 3. The van der Waals surface area contributed by atoms with Crippen LogP contribution in [0.2, 0.25) is 0 Å². The molecular weight excluding hydrogens is 321 g/mol. The molecule has 0 radical (unpaired) electrons. The summed E-state index contributed by atoms with van der Waals surface area (Å²) in [5, 5.41) is 5.49. The highest BCUT2D eigenvalue weighted by Crippen LogP contribution is 2.31. The maximum absolute atomic E-state index is 12.7. The van der Waals surface area contributed by atoms with E-state index < -0.39 is 23.2 Å². The molecule has 0 unspecified atom stereocenters. The molecule has 0 spiro atoms. The molecular formula is C16H17F3N4O. The zero-order valence-electron chi connectivity index (χ0n) is 13.4. The van der Waals surface area contributed by atoms with Crippen LogP contribution in [0.3, 0.4) is 0 Å². The number of hydrogen-bond donors (Lipinski definition) is 2. The molecule has 0 aliphatic carbocycles. The van der Waals surface area contributed by atoms with Gasteiger partial charge in [0, 0.05) is 17.3 Å². The van der Waals surface area contributed by atoms with Gasteiger partial charge < -0.3 is 10.6 Å². The molecule has 1 aromatic heterocycles. The van der Waals surface area contributed by atoms with Gasteiger partial charge >= 0.3 is 6.18 Å². The number of carbonyl (C=O) groups excluding carboxylic acids is 1. The molecule has 0 saturated carbocycles. The molecule has 0 bridgehead atoms. The van der Waals surface area contributed by atoms with E-state index in [2.05, 4.69) is 20.6 Å². The molecule has 24 heavy (non-hydrogen) atoms. The van der Waals surface area contributed by atoms with Crippen LogP contribution in [0.4, 0.5) is 24.7 Å². The highest BCUT2D eigenvalue weighted by molar-refractivity contribution is 5.93. The van der Waals surface area contributed by atoms with Crippen LogP contribution in [-0.4, -0.2) is 21.4 Å². The van der Waals surface area contributed by atoms with Crippen molar-refractivity contribution in [3.63, 3.8) is 0 Å². The van der Waals surface area contributed by atoms with E-state index in [1.807, 2.05) is 20.8 Å². The summed E-state index contributed by atoms with van der Waals surface area (Å²) in [7, 11) is 0. The molecule has 0 atom stereocenters. The lowest BCUT2D eigenvalue weighted by Crippen LogP contribution is -2.40. The number of amides is 1. The summed E-state index contributed by atoms with van der Waals surface area (Å²) in [5.74, 6) is -0.166. The number of nitrogens with one attached hydrogen (secondary N) is 2. The zero-order chi connectivity index (χ0) is 18.0. The van der Waals surface area contributed by atoms with Crippen LogP contribution < -0.4 is 10.6 Å². The van der Waals surface area contributed by atoms with E-state index in [0.29, 0.717) is 0 Å². The third-order valence-corrected chi connectivity index (χ3v) is 2.85. The Kier molecular flexibility index (Phi) is 4.77. The number of benzene rings is 1. The summed E-state index contributed by atoms with van der Waals surface area (Å²) in [6, 6.07) is 6.09. The Labute approximate surface area is 137 Å². The van der Waals surface area contributed by atoms with Crippen LogP contribution in [0, 0.1) is 0 Å². The van der Waals surface area contributed by atoms with Gasteiger partial charge in [0.15, 0.2) is 0 Å². The van der Waals surface area contributed by atoms with Gasteiger partial charge in [-0.25, -0.2) is 9.97 Å². The minimum absolute atomic E-state index is 0.120. The van der Waals surface area contributed by atoms with E-state index >= 15 is 0 Å². The SMILES string of the molecule is CC(C)(C)NC(=O)c1cc(Nc2cccc(C(F)(F)F)c2)ncn1. The fourth-order valence-corrected chi connectivity index (χ4v) is 1.88. The quantitative estimate of drug-likeness (QED) is 0.894. The van der Waals surface area contributed by atoms with Crippen molar-refractivity contribution in [1.82, 2.24) is 15.3 Å². The lowest BCUT2D eigenvalue weighted by Gasteiger charge is -2.20. The van der Waals surface area contributed by atoms with Crippen molar-refractivity contribution in [2.24, 2.45) is 0 Å². The molecule has 8 heteroatoms. The fourth-order valence-electron chi connectivity index (χ4n) is 1.88. The number of halogens is 3. The molecule has 2 aromatic rings. The van der Waals surface area contributed by atoms with E-state index in [1.54, 1.807) is 0 Å². The van der Waals surface area contributed by atoms with Crippen LogP contribution in [0.5, 0.6) is 0 Å². The first-order valence-corrected chi connectivity index (χ1v) is 7.13. The Hall–Kier alpha value is -2.64. The second kappa shape index (κ2) is 6.46. The molecule has 0 aliphatic rings. The summed E-state index contributed by atoms with van der Waals surface area (Å²) < 4.78 is 38.2. The van der Waals surface area contributed by atoms with Crippen LogP contribution in [0.25, 0.3) is 0 Å². The first-order valence-electron chi connectivity index (χ1n) is 7.13. The van der Waals surface area contributed by atoms with E-state index in [-0.39, 0.29) is 17.2 Å². The number of aromatic nitrogens is 2. The summed E-state index contributed by atoms with van der Waals surface area (Å²) in [6.45, 7) is 5.48. The first-order chi connectivity index (χ1) is 11.0. The Morgan fingerprint density at radius 3 is 2.42 bits per heavy atom. The van der Waals surface area contributed by atoms with Gasteiger partial charge in [0.25, 0.3) is 5.91 Å². The number of hydrogen-bond acceptors (Lipinski definition) is 4. The standard InChI is InChI=1S/C16H17F3N4O/c1-15(2,3)23-14(24)12-8-13(21-9-20-12)22-11-6-4-5-10(7-11)16(17,18)19/h4-9H,1-3H3,(H,23,24)(H,20,21,22). The Bertz CT molecular complexity index is 739. The van der Waals surface area contributed by atoms with Crippen molar-refractivity contribution in [3.8, 4) is 0 Å². The van der Waals surface area contributed by atoms with Crippen LogP contribution in [0.1, 0.15) is 36.8 Å². The van der Waals surface area contributed by atoms with E-state index in [4.69, 9.17) is 0 Å². The molecule has 0 saturated heterocycles. The van der Waals surface area contributed by atoms with E-state index in [1.165, 1.54) is 24.5 Å². The maximum atomic E-state index is 12.7. The molecule has 1 aromatic carbocycles. The second-order valence-electron chi connectivity index (χ2n) is 6.20. The molecule has 2 rings (SSSR count). The van der Waals surface area contributed by atoms with Crippen molar-refractivity contribution >= 4 is 17.4 Å².